The molecule has 0 saturated heterocycles. The lowest BCUT2D eigenvalue weighted by Gasteiger charge is -2.28. The molecule has 1 atom stereocenters. The number of nitrogens with one attached hydrogen (secondary N) is 1. The number of carbonyl (C=O) groups is 1. The lowest BCUT2D eigenvalue weighted by Crippen LogP contribution is -2.45. The van der Waals surface area contributed by atoms with Crippen LogP contribution in [0, 0.1) is 0 Å². The second-order valence-corrected chi connectivity index (χ2v) is 8.14. The molecule has 0 heterocycles. The van der Waals surface area contributed by atoms with Crippen molar-refractivity contribution in [1.29, 1.82) is 0 Å². The van der Waals surface area contributed by atoms with E-state index in [9.17, 15) is 13.2 Å². The Labute approximate surface area is 166 Å². The van der Waals surface area contributed by atoms with Gasteiger partial charge in [0.1, 0.15) is 11.8 Å². The predicted molar refractivity (Wildman–Crippen MR) is 110 cm³/mol. The van der Waals surface area contributed by atoms with E-state index in [4.69, 9.17) is 9.47 Å². The van der Waals surface area contributed by atoms with Gasteiger partial charge in [-0.3, -0.25) is 9.10 Å². The topological polar surface area (TPSA) is 84.9 Å². The molecule has 1 amide bonds. The number of anilines is 2. The molecule has 1 N–H and O–H groups in total. The van der Waals surface area contributed by atoms with E-state index in [0.717, 1.165) is 16.1 Å². The minimum absolute atomic E-state index is 0.390. The van der Waals surface area contributed by atoms with Crippen molar-refractivity contribution < 1.29 is 22.7 Å². The van der Waals surface area contributed by atoms with Crippen molar-refractivity contribution in [3.63, 3.8) is 0 Å². The normalized spacial score (nSPS) is 12.3. The summed E-state index contributed by atoms with van der Waals surface area (Å²) in [5.41, 5.74) is 1.87. The van der Waals surface area contributed by atoms with Gasteiger partial charge in [0.25, 0.3) is 0 Å². The number of amides is 1. The van der Waals surface area contributed by atoms with Crippen LogP contribution in [0.25, 0.3) is 0 Å². The minimum atomic E-state index is -3.68. The summed E-state index contributed by atoms with van der Waals surface area (Å²) in [6.07, 6.45) is 1.08. The Bertz CT molecular complexity index is 897. The Morgan fingerprint density at radius 2 is 1.86 bits per heavy atom. The van der Waals surface area contributed by atoms with Crippen LogP contribution in [0.3, 0.4) is 0 Å². The molecule has 7 nitrogen and oxygen atoms in total. The molecule has 0 aliphatic carbocycles. The molecule has 0 aliphatic rings. The Morgan fingerprint density at radius 3 is 2.43 bits per heavy atom. The molecule has 152 valence electrons. The van der Waals surface area contributed by atoms with Gasteiger partial charge >= 0.3 is 0 Å². The molecule has 0 aromatic heterocycles. The van der Waals surface area contributed by atoms with E-state index in [2.05, 4.69) is 5.32 Å². The summed E-state index contributed by atoms with van der Waals surface area (Å²) in [4.78, 5) is 12.7. The molecule has 0 bridgehead atoms. The van der Waals surface area contributed by atoms with Crippen LogP contribution < -0.4 is 14.4 Å². The number of nitrogens with zero attached hydrogens (tertiary/aromatic N) is 1. The first-order valence-corrected chi connectivity index (χ1v) is 10.7. The highest BCUT2D eigenvalue weighted by molar-refractivity contribution is 7.92. The van der Waals surface area contributed by atoms with Crippen LogP contribution >= 0.6 is 0 Å². The Morgan fingerprint density at radius 1 is 1.18 bits per heavy atom. The first-order valence-electron chi connectivity index (χ1n) is 8.87. The second-order valence-electron chi connectivity index (χ2n) is 6.28. The van der Waals surface area contributed by atoms with Crippen molar-refractivity contribution in [2.45, 2.75) is 26.5 Å². The first-order chi connectivity index (χ1) is 13.3. The number of benzene rings is 2. The highest BCUT2D eigenvalue weighted by Gasteiger charge is 2.29. The van der Waals surface area contributed by atoms with E-state index < -0.39 is 22.0 Å². The Hall–Kier alpha value is -2.58. The van der Waals surface area contributed by atoms with E-state index in [1.54, 1.807) is 56.5 Å². The smallest absolute Gasteiger partial charge is 0.247 e. The van der Waals surface area contributed by atoms with Crippen LogP contribution in [-0.2, 0) is 26.2 Å². The van der Waals surface area contributed by atoms with E-state index >= 15 is 0 Å². The highest BCUT2D eigenvalue weighted by Crippen LogP contribution is 2.24. The Kier molecular flexibility index (Phi) is 7.42. The fraction of sp³-hybridized carbons (Fsp3) is 0.350. The maximum absolute atomic E-state index is 12.7. The number of hydrogen-bond donors (Lipinski definition) is 1. The SMILES string of the molecule is CCOc1ccc(N(C(C)C(=O)Nc2cccc(COC)c2)S(C)(=O)=O)cc1. The number of ether oxygens (including phenoxy) is 2. The van der Waals surface area contributed by atoms with Gasteiger partial charge in [-0.05, 0) is 55.8 Å². The fourth-order valence-corrected chi connectivity index (χ4v) is 3.99. The third-order valence-corrected chi connectivity index (χ3v) is 5.24. The summed E-state index contributed by atoms with van der Waals surface area (Å²) in [5.74, 6) is 0.195. The third kappa shape index (κ3) is 5.71. The summed E-state index contributed by atoms with van der Waals surface area (Å²) in [7, 11) is -2.09. The maximum Gasteiger partial charge on any atom is 0.247 e. The van der Waals surface area contributed by atoms with Gasteiger partial charge in [0, 0.05) is 12.8 Å². The number of sulfonamides is 1. The molecular weight excluding hydrogens is 380 g/mol. The van der Waals surface area contributed by atoms with Gasteiger partial charge in [0.05, 0.1) is 25.2 Å². The van der Waals surface area contributed by atoms with E-state index in [0.29, 0.717) is 30.3 Å². The van der Waals surface area contributed by atoms with Crippen molar-refractivity contribution >= 4 is 27.3 Å². The molecule has 2 aromatic carbocycles. The van der Waals surface area contributed by atoms with Crippen LogP contribution in [0.4, 0.5) is 11.4 Å². The van der Waals surface area contributed by atoms with Crippen LogP contribution in [0.5, 0.6) is 5.75 Å². The summed E-state index contributed by atoms with van der Waals surface area (Å²) in [5, 5.41) is 2.77. The minimum Gasteiger partial charge on any atom is -0.494 e. The summed E-state index contributed by atoms with van der Waals surface area (Å²) >= 11 is 0. The van der Waals surface area contributed by atoms with Crippen LogP contribution in [-0.4, -0.2) is 40.3 Å². The monoisotopic (exact) mass is 406 g/mol. The van der Waals surface area contributed by atoms with Crippen molar-refractivity contribution in [3.8, 4) is 5.75 Å². The molecule has 2 rings (SSSR count). The second kappa shape index (κ2) is 9.57. The van der Waals surface area contributed by atoms with Crippen molar-refractivity contribution in [2.24, 2.45) is 0 Å². The van der Waals surface area contributed by atoms with E-state index in [1.807, 2.05) is 13.0 Å². The van der Waals surface area contributed by atoms with Crippen molar-refractivity contribution in [2.75, 3.05) is 29.6 Å². The maximum atomic E-state index is 12.7. The molecule has 2 aromatic rings. The van der Waals surface area contributed by atoms with Crippen LogP contribution in [0.2, 0.25) is 0 Å². The average Bonchev–Trinajstić information content (AvgIpc) is 2.63. The number of carbonyl (C=O) groups excluding carboxylic acids is 1. The predicted octanol–water partition coefficient (Wildman–Crippen LogP) is 3.02. The number of rotatable bonds is 9. The van der Waals surface area contributed by atoms with Gasteiger partial charge in [0.15, 0.2) is 0 Å². The van der Waals surface area contributed by atoms with E-state index in [-0.39, 0.29) is 0 Å². The lowest BCUT2D eigenvalue weighted by molar-refractivity contribution is -0.116. The quantitative estimate of drug-likeness (QED) is 0.692. The van der Waals surface area contributed by atoms with Gasteiger partial charge in [0.2, 0.25) is 15.9 Å². The summed E-state index contributed by atoms with van der Waals surface area (Å²) < 4.78 is 36.3. The molecular formula is C20H26N2O5S. The van der Waals surface area contributed by atoms with Crippen LogP contribution in [0.1, 0.15) is 19.4 Å². The largest absolute Gasteiger partial charge is 0.494 e. The van der Waals surface area contributed by atoms with Gasteiger partial charge in [-0.25, -0.2) is 8.42 Å². The molecule has 0 radical (unpaired) electrons. The Balaban J connectivity index is 2.24. The number of methoxy groups -OCH3 is 1. The van der Waals surface area contributed by atoms with Crippen molar-refractivity contribution in [3.05, 3.63) is 54.1 Å². The zero-order valence-electron chi connectivity index (χ0n) is 16.5. The van der Waals surface area contributed by atoms with Gasteiger partial charge in [-0.1, -0.05) is 12.1 Å². The van der Waals surface area contributed by atoms with Gasteiger partial charge < -0.3 is 14.8 Å². The first kappa shape index (κ1) is 21.7. The van der Waals surface area contributed by atoms with Crippen LogP contribution in [0.15, 0.2) is 48.5 Å². The van der Waals surface area contributed by atoms with Gasteiger partial charge in [-0.2, -0.15) is 0 Å². The molecule has 8 heteroatoms. The van der Waals surface area contributed by atoms with E-state index in [1.165, 1.54) is 0 Å². The molecule has 28 heavy (non-hydrogen) atoms. The number of hydrogen-bond acceptors (Lipinski definition) is 5. The molecule has 0 saturated carbocycles. The van der Waals surface area contributed by atoms with Gasteiger partial charge in [-0.15, -0.1) is 0 Å². The van der Waals surface area contributed by atoms with Crippen molar-refractivity contribution in [1.82, 2.24) is 0 Å². The third-order valence-electron chi connectivity index (χ3n) is 4.00. The average molecular weight is 407 g/mol. The summed E-state index contributed by atoms with van der Waals surface area (Å²) in [6, 6.07) is 12.9. The molecule has 1 unspecified atom stereocenters. The highest BCUT2D eigenvalue weighted by atomic mass is 32.2. The lowest BCUT2D eigenvalue weighted by atomic mass is 10.2. The fourth-order valence-electron chi connectivity index (χ4n) is 2.82. The zero-order valence-corrected chi connectivity index (χ0v) is 17.3. The summed E-state index contributed by atoms with van der Waals surface area (Å²) in [6.45, 7) is 4.34. The molecule has 0 fully saturated rings. The molecule has 0 aliphatic heterocycles. The standard InChI is InChI=1S/C20H26N2O5S/c1-5-27-19-11-9-18(10-12-19)22(28(4,24)25)15(2)20(23)21-17-8-6-7-16(13-17)14-26-3/h6-13,15H,5,14H2,1-4H3,(H,21,23). The molecule has 0 spiro atoms. The zero-order chi connectivity index (χ0) is 20.7.